The first-order valence-corrected chi connectivity index (χ1v) is 12.4. The van der Waals surface area contributed by atoms with Gasteiger partial charge in [0.1, 0.15) is 17.0 Å². The number of ether oxygens (including phenoxy) is 1. The van der Waals surface area contributed by atoms with Crippen LogP contribution >= 0.6 is 0 Å². The zero-order valence-electron chi connectivity index (χ0n) is 20.9. The maximum atomic E-state index is 13.4. The minimum Gasteiger partial charge on any atom is -0.449 e. The molecular formula is C31H23F3N2O4. The molecule has 1 heterocycles. The highest BCUT2D eigenvalue weighted by molar-refractivity contribution is 6.14. The number of anilines is 2. The van der Waals surface area contributed by atoms with E-state index in [0.717, 1.165) is 23.3 Å². The number of hydrogen-bond donors (Lipinski definition) is 2. The second kappa shape index (κ2) is 11.4. The Labute approximate surface area is 227 Å². The van der Waals surface area contributed by atoms with Crippen LogP contribution in [0.25, 0.3) is 11.0 Å². The van der Waals surface area contributed by atoms with Crippen molar-refractivity contribution >= 4 is 34.2 Å². The van der Waals surface area contributed by atoms with Crippen LogP contribution in [0.1, 0.15) is 34.0 Å². The molecule has 0 fully saturated rings. The van der Waals surface area contributed by atoms with Gasteiger partial charge in [-0.15, -0.1) is 13.2 Å². The predicted octanol–water partition coefficient (Wildman–Crippen LogP) is 7.74. The number of nitrogens with one attached hydrogen (secondary N) is 2. The van der Waals surface area contributed by atoms with Gasteiger partial charge in [0.25, 0.3) is 5.91 Å². The first-order valence-electron chi connectivity index (χ1n) is 12.4. The zero-order chi connectivity index (χ0) is 28.1. The molecule has 1 aromatic heterocycles. The van der Waals surface area contributed by atoms with Crippen LogP contribution in [-0.4, -0.2) is 18.2 Å². The monoisotopic (exact) mass is 544 g/mol. The summed E-state index contributed by atoms with van der Waals surface area (Å²) in [6.07, 6.45) is -4.72. The molecule has 5 aromatic rings. The minimum absolute atomic E-state index is 0.106. The number of furan rings is 1. The van der Waals surface area contributed by atoms with E-state index in [1.165, 1.54) is 12.1 Å². The number of rotatable bonds is 8. The van der Waals surface area contributed by atoms with Crippen LogP contribution in [-0.2, 0) is 4.79 Å². The van der Waals surface area contributed by atoms with Crippen molar-refractivity contribution in [3.63, 3.8) is 0 Å². The number of amides is 2. The second-order valence-electron chi connectivity index (χ2n) is 8.95. The molecule has 0 saturated heterocycles. The lowest BCUT2D eigenvalue weighted by Gasteiger charge is -2.18. The molecule has 0 aliphatic heterocycles. The van der Waals surface area contributed by atoms with Gasteiger partial charge >= 0.3 is 6.36 Å². The van der Waals surface area contributed by atoms with E-state index in [1.54, 1.807) is 24.3 Å². The lowest BCUT2D eigenvalue weighted by molar-refractivity contribution is -0.274. The quantitative estimate of drug-likeness (QED) is 0.209. The van der Waals surface area contributed by atoms with Crippen LogP contribution in [0, 0.1) is 0 Å². The third-order valence-electron chi connectivity index (χ3n) is 6.21. The largest absolute Gasteiger partial charge is 0.573 e. The second-order valence-corrected chi connectivity index (χ2v) is 8.95. The fourth-order valence-electron chi connectivity index (χ4n) is 4.43. The highest BCUT2D eigenvalue weighted by Crippen LogP contribution is 2.34. The van der Waals surface area contributed by atoms with Gasteiger partial charge < -0.3 is 19.8 Å². The average molecular weight is 545 g/mol. The van der Waals surface area contributed by atoms with Crippen molar-refractivity contribution < 1.29 is 31.9 Å². The molecule has 0 spiro atoms. The summed E-state index contributed by atoms with van der Waals surface area (Å²) in [5.74, 6) is -1.80. The van der Waals surface area contributed by atoms with E-state index in [9.17, 15) is 22.8 Å². The lowest BCUT2D eigenvalue weighted by Crippen LogP contribution is -2.19. The molecule has 5 rings (SSSR count). The number of para-hydroxylation sites is 1. The SMILES string of the molecule is O=C(CC(c1ccccc1)c1ccccc1)Nc1c(C(=O)Nc2ccc(OC(F)(F)F)cc2)oc2ccccc12. The molecule has 0 radical (unpaired) electrons. The van der Waals surface area contributed by atoms with Gasteiger partial charge in [-0.2, -0.15) is 0 Å². The highest BCUT2D eigenvalue weighted by atomic mass is 19.4. The number of alkyl halides is 3. The smallest absolute Gasteiger partial charge is 0.449 e. The number of halogens is 3. The van der Waals surface area contributed by atoms with E-state index < -0.39 is 18.0 Å². The fourth-order valence-corrected chi connectivity index (χ4v) is 4.43. The summed E-state index contributed by atoms with van der Waals surface area (Å²) in [5, 5.41) is 5.99. The van der Waals surface area contributed by atoms with Crippen LogP contribution in [0.4, 0.5) is 24.5 Å². The number of hydrogen-bond acceptors (Lipinski definition) is 4. The standard InChI is InChI=1S/C31H23F3N2O4/c32-31(33,34)40-23-17-15-22(16-18-23)35-30(38)29-28(24-13-7-8-14-26(24)39-29)36-27(37)19-25(20-9-3-1-4-10-20)21-11-5-2-6-12-21/h1-18,25H,19H2,(H,35,38)(H,36,37). The van der Waals surface area contributed by atoms with E-state index in [1.807, 2.05) is 60.7 Å². The van der Waals surface area contributed by atoms with Crippen molar-refractivity contribution in [2.24, 2.45) is 0 Å². The number of carbonyl (C=O) groups excluding carboxylic acids is 2. The van der Waals surface area contributed by atoms with Gasteiger partial charge in [0.05, 0.1) is 0 Å². The first kappa shape index (κ1) is 26.6. The molecule has 40 heavy (non-hydrogen) atoms. The predicted molar refractivity (Wildman–Crippen MR) is 145 cm³/mol. The van der Waals surface area contributed by atoms with E-state index >= 15 is 0 Å². The molecule has 0 unspecified atom stereocenters. The Hall–Kier alpha value is -5.05. The van der Waals surface area contributed by atoms with Gasteiger partial charge in [-0.3, -0.25) is 9.59 Å². The van der Waals surface area contributed by atoms with Crippen LogP contribution in [0.2, 0.25) is 0 Å². The summed E-state index contributed by atoms with van der Waals surface area (Å²) in [6.45, 7) is 0. The number of fused-ring (bicyclic) bond motifs is 1. The molecule has 9 heteroatoms. The van der Waals surface area contributed by atoms with Crippen molar-refractivity contribution in [2.75, 3.05) is 10.6 Å². The number of benzene rings is 4. The summed E-state index contributed by atoms with van der Waals surface area (Å²) in [6, 6.07) is 30.9. The van der Waals surface area contributed by atoms with E-state index in [4.69, 9.17) is 4.42 Å². The Bertz CT molecular complexity index is 1580. The van der Waals surface area contributed by atoms with Crippen LogP contribution in [0.15, 0.2) is 114 Å². The average Bonchev–Trinajstić information content (AvgIpc) is 3.31. The first-order chi connectivity index (χ1) is 19.3. The molecule has 6 nitrogen and oxygen atoms in total. The molecule has 0 atom stereocenters. The maximum absolute atomic E-state index is 13.4. The molecule has 0 bridgehead atoms. The lowest BCUT2D eigenvalue weighted by atomic mass is 9.88. The third kappa shape index (κ3) is 6.32. The van der Waals surface area contributed by atoms with Crippen molar-refractivity contribution in [1.82, 2.24) is 0 Å². The summed E-state index contributed by atoms with van der Waals surface area (Å²) in [5.41, 5.74) is 2.74. The molecule has 2 N–H and O–H groups in total. The summed E-state index contributed by atoms with van der Waals surface area (Å²) in [4.78, 5) is 26.6. The molecule has 0 aliphatic carbocycles. The van der Waals surface area contributed by atoms with E-state index in [-0.39, 0.29) is 35.4 Å². The Morgan fingerprint density at radius 3 is 1.93 bits per heavy atom. The fraction of sp³-hybridized carbons (Fsp3) is 0.0968. The third-order valence-corrected chi connectivity index (χ3v) is 6.21. The molecule has 0 saturated carbocycles. The van der Waals surface area contributed by atoms with Gasteiger partial charge in [0, 0.05) is 23.4 Å². The molecule has 2 amide bonds. The summed E-state index contributed by atoms with van der Waals surface area (Å²) in [7, 11) is 0. The van der Waals surface area contributed by atoms with Gasteiger partial charge in [0.2, 0.25) is 11.7 Å². The molecule has 4 aromatic carbocycles. The Kier molecular flexibility index (Phi) is 7.54. The van der Waals surface area contributed by atoms with Crippen LogP contribution in [0.3, 0.4) is 0 Å². The maximum Gasteiger partial charge on any atom is 0.573 e. The van der Waals surface area contributed by atoms with Crippen molar-refractivity contribution in [2.45, 2.75) is 18.7 Å². The van der Waals surface area contributed by atoms with Crippen LogP contribution in [0.5, 0.6) is 5.75 Å². The van der Waals surface area contributed by atoms with Gasteiger partial charge in [-0.1, -0.05) is 72.8 Å². The molecule has 0 aliphatic rings. The zero-order valence-corrected chi connectivity index (χ0v) is 20.9. The number of carbonyl (C=O) groups is 2. The Morgan fingerprint density at radius 2 is 1.32 bits per heavy atom. The molecule has 202 valence electrons. The Morgan fingerprint density at radius 1 is 0.750 bits per heavy atom. The molecular weight excluding hydrogens is 521 g/mol. The topological polar surface area (TPSA) is 80.6 Å². The van der Waals surface area contributed by atoms with Gasteiger partial charge in [0.15, 0.2) is 0 Å². The van der Waals surface area contributed by atoms with Crippen molar-refractivity contribution in [3.8, 4) is 5.75 Å². The van der Waals surface area contributed by atoms with Gasteiger partial charge in [-0.05, 0) is 47.5 Å². The summed E-state index contributed by atoms with van der Waals surface area (Å²) < 4.78 is 47.0. The highest BCUT2D eigenvalue weighted by Gasteiger charge is 2.31. The normalized spacial score (nSPS) is 11.4. The minimum atomic E-state index is -4.83. The summed E-state index contributed by atoms with van der Waals surface area (Å²) >= 11 is 0. The van der Waals surface area contributed by atoms with Crippen molar-refractivity contribution in [1.29, 1.82) is 0 Å². The van der Waals surface area contributed by atoms with E-state index in [2.05, 4.69) is 15.4 Å². The van der Waals surface area contributed by atoms with Crippen LogP contribution < -0.4 is 15.4 Å². The van der Waals surface area contributed by atoms with E-state index in [0.29, 0.717) is 11.0 Å². The van der Waals surface area contributed by atoms with Crippen molar-refractivity contribution in [3.05, 3.63) is 126 Å². The van der Waals surface area contributed by atoms with Gasteiger partial charge in [-0.25, -0.2) is 0 Å². The Balaban J connectivity index is 1.39.